The van der Waals surface area contributed by atoms with Crippen LogP contribution in [0.25, 0.3) is 6.08 Å². The lowest BCUT2D eigenvalue weighted by atomic mass is 10.1. The summed E-state index contributed by atoms with van der Waals surface area (Å²) in [6.07, 6.45) is 2.67. The number of phenolic OH excluding ortho intramolecular Hbond substituents is 3. The summed E-state index contributed by atoms with van der Waals surface area (Å²) in [6, 6.07) is 11.3. The number of carbonyl (C=O) groups excluding carboxylic acids is 1. The largest absolute Gasteiger partial charge is 0.504 e. The number of aromatic hydroxyl groups is 3. The minimum Gasteiger partial charge on any atom is -0.504 e. The minimum atomic E-state index is -0.602. The van der Waals surface area contributed by atoms with Gasteiger partial charge in [0.2, 0.25) is 5.75 Å². The van der Waals surface area contributed by atoms with Crippen molar-refractivity contribution in [3.8, 4) is 17.2 Å². The predicted molar refractivity (Wildman–Crippen MR) is 71.2 cm³/mol. The molecule has 2 rings (SSSR count). The molecule has 0 aromatic heterocycles. The summed E-state index contributed by atoms with van der Waals surface area (Å²) >= 11 is 0. The molecule has 0 radical (unpaired) electrons. The summed E-state index contributed by atoms with van der Waals surface area (Å²) in [5.41, 5.74) is 0.779. The van der Waals surface area contributed by atoms with Crippen LogP contribution in [0.15, 0.2) is 48.5 Å². The van der Waals surface area contributed by atoms with E-state index < -0.39 is 17.2 Å². The molecule has 0 aliphatic heterocycles. The first kappa shape index (κ1) is 12.7. The van der Waals surface area contributed by atoms with Gasteiger partial charge in [0.15, 0.2) is 17.3 Å². The van der Waals surface area contributed by atoms with Crippen molar-refractivity contribution < 1.29 is 20.1 Å². The Bertz CT molecular complexity index is 630. The number of rotatable bonds is 3. The second-order valence-electron chi connectivity index (χ2n) is 3.93. The molecule has 2 aromatic rings. The molecule has 0 aliphatic rings. The van der Waals surface area contributed by atoms with Gasteiger partial charge in [-0.25, -0.2) is 0 Å². The Labute approximate surface area is 109 Å². The molecule has 0 saturated heterocycles. The second-order valence-corrected chi connectivity index (χ2v) is 3.93. The number of carbonyl (C=O) groups is 1. The fraction of sp³-hybridized carbons (Fsp3) is 0. The average Bonchev–Trinajstić information content (AvgIpc) is 2.45. The Kier molecular flexibility index (Phi) is 3.52. The summed E-state index contributed by atoms with van der Waals surface area (Å²) in [6.45, 7) is 0. The fourth-order valence-corrected chi connectivity index (χ4v) is 1.58. The Hall–Kier alpha value is -2.75. The van der Waals surface area contributed by atoms with E-state index in [0.29, 0.717) is 5.56 Å². The van der Waals surface area contributed by atoms with Gasteiger partial charge in [-0.3, -0.25) is 4.79 Å². The normalized spacial score (nSPS) is 10.7. The predicted octanol–water partition coefficient (Wildman–Crippen LogP) is 2.70. The van der Waals surface area contributed by atoms with Gasteiger partial charge in [-0.15, -0.1) is 0 Å². The third-order valence-corrected chi connectivity index (χ3v) is 2.63. The van der Waals surface area contributed by atoms with Gasteiger partial charge >= 0.3 is 0 Å². The lowest BCUT2D eigenvalue weighted by Gasteiger charge is -2.03. The summed E-state index contributed by atoms with van der Waals surface area (Å²) in [5.74, 6) is -1.69. The van der Waals surface area contributed by atoms with E-state index in [2.05, 4.69) is 0 Å². The van der Waals surface area contributed by atoms with Crippen LogP contribution in [0.1, 0.15) is 15.9 Å². The number of phenols is 3. The smallest absolute Gasteiger partial charge is 0.200 e. The zero-order valence-corrected chi connectivity index (χ0v) is 9.95. The lowest BCUT2D eigenvalue weighted by Crippen LogP contribution is -1.92. The molecular formula is C15H12O4. The van der Waals surface area contributed by atoms with E-state index in [-0.39, 0.29) is 11.3 Å². The molecule has 96 valence electrons. The Balaban J connectivity index is 2.25. The Morgan fingerprint density at radius 3 is 2.26 bits per heavy atom. The number of ketones is 1. The molecule has 0 amide bonds. The maximum atomic E-state index is 11.8. The number of allylic oxidation sites excluding steroid dienone is 1. The average molecular weight is 256 g/mol. The highest BCUT2D eigenvalue weighted by atomic mass is 16.3. The van der Waals surface area contributed by atoms with Crippen LogP contribution in [0, 0.1) is 0 Å². The summed E-state index contributed by atoms with van der Waals surface area (Å²) in [4.78, 5) is 11.8. The molecule has 4 heteroatoms. The molecule has 0 aliphatic carbocycles. The van der Waals surface area contributed by atoms with Crippen molar-refractivity contribution in [3.63, 3.8) is 0 Å². The van der Waals surface area contributed by atoms with Crippen molar-refractivity contribution in [1.29, 1.82) is 0 Å². The Morgan fingerprint density at radius 2 is 1.58 bits per heavy atom. The van der Waals surface area contributed by atoms with E-state index in [1.807, 2.05) is 6.07 Å². The SMILES string of the molecule is O=C(C=Cc1ccc(O)c(O)c1O)c1ccccc1. The molecule has 2 aromatic carbocycles. The van der Waals surface area contributed by atoms with E-state index in [4.69, 9.17) is 0 Å². The van der Waals surface area contributed by atoms with Crippen LogP contribution in [-0.4, -0.2) is 21.1 Å². The van der Waals surface area contributed by atoms with Crippen LogP contribution in [0.2, 0.25) is 0 Å². The van der Waals surface area contributed by atoms with Crippen molar-refractivity contribution in [2.45, 2.75) is 0 Å². The monoisotopic (exact) mass is 256 g/mol. The molecule has 0 fully saturated rings. The van der Waals surface area contributed by atoms with Crippen LogP contribution in [0.5, 0.6) is 17.2 Å². The zero-order chi connectivity index (χ0) is 13.8. The highest BCUT2D eigenvalue weighted by molar-refractivity contribution is 6.06. The van der Waals surface area contributed by atoms with Crippen LogP contribution in [0.4, 0.5) is 0 Å². The minimum absolute atomic E-state index is 0.215. The lowest BCUT2D eigenvalue weighted by molar-refractivity contribution is 0.104. The van der Waals surface area contributed by atoms with Gasteiger partial charge < -0.3 is 15.3 Å². The maximum absolute atomic E-state index is 11.8. The van der Waals surface area contributed by atoms with Crippen molar-refractivity contribution in [1.82, 2.24) is 0 Å². The number of hydrogen-bond acceptors (Lipinski definition) is 4. The van der Waals surface area contributed by atoms with Crippen molar-refractivity contribution in [2.75, 3.05) is 0 Å². The summed E-state index contributed by atoms with van der Waals surface area (Å²) in [7, 11) is 0. The molecule has 0 unspecified atom stereocenters. The van der Waals surface area contributed by atoms with Crippen molar-refractivity contribution >= 4 is 11.9 Å². The first-order valence-corrected chi connectivity index (χ1v) is 5.61. The topological polar surface area (TPSA) is 77.8 Å². The van der Waals surface area contributed by atoms with Crippen LogP contribution in [-0.2, 0) is 0 Å². The van der Waals surface area contributed by atoms with Gasteiger partial charge in [-0.05, 0) is 24.3 Å². The third kappa shape index (κ3) is 2.74. The molecule has 0 spiro atoms. The fourth-order valence-electron chi connectivity index (χ4n) is 1.58. The number of hydrogen-bond donors (Lipinski definition) is 3. The molecular weight excluding hydrogens is 244 g/mol. The van der Waals surface area contributed by atoms with E-state index >= 15 is 0 Å². The molecule has 4 nitrogen and oxygen atoms in total. The van der Waals surface area contributed by atoms with Gasteiger partial charge in [-0.2, -0.15) is 0 Å². The molecule has 0 saturated carbocycles. The quantitative estimate of drug-likeness (QED) is 0.448. The van der Waals surface area contributed by atoms with Crippen LogP contribution in [0.3, 0.4) is 0 Å². The first-order chi connectivity index (χ1) is 9.09. The highest BCUT2D eigenvalue weighted by Gasteiger charge is 2.09. The van der Waals surface area contributed by atoms with E-state index in [0.717, 1.165) is 0 Å². The molecule has 19 heavy (non-hydrogen) atoms. The third-order valence-electron chi connectivity index (χ3n) is 2.63. The summed E-state index contributed by atoms with van der Waals surface area (Å²) in [5, 5.41) is 28.1. The summed E-state index contributed by atoms with van der Waals surface area (Å²) < 4.78 is 0. The van der Waals surface area contributed by atoms with Crippen molar-refractivity contribution in [2.24, 2.45) is 0 Å². The van der Waals surface area contributed by atoms with E-state index in [9.17, 15) is 20.1 Å². The van der Waals surface area contributed by atoms with Gasteiger partial charge in [0.05, 0.1) is 0 Å². The first-order valence-electron chi connectivity index (χ1n) is 5.61. The van der Waals surface area contributed by atoms with Gasteiger partial charge in [0.1, 0.15) is 0 Å². The van der Waals surface area contributed by atoms with Crippen LogP contribution < -0.4 is 0 Å². The highest BCUT2D eigenvalue weighted by Crippen LogP contribution is 2.37. The molecule has 0 heterocycles. The number of benzene rings is 2. The van der Waals surface area contributed by atoms with Crippen LogP contribution >= 0.6 is 0 Å². The van der Waals surface area contributed by atoms with Crippen molar-refractivity contribution in [3.05, 3.63) is 59.7 Å². The standard InChI is InChI=1S/C15H12O4/c16-12(10-4-2-1-3-5-10)8-6-11-7-9-13(17)15(19)14(11)18/h1-9,17-19H. The van der Waals surface area contributed by atoms with E-state index in [1.54, 1.807) is 24.3 Å². The van der Waals surface area contributed by atoms with E-state index in [1.165, 1.54) is 24.3 Å². The zero-order valence-electron chi connectivity index (χ0n) is 9.95. The van der Waals surface area contributed by atoms with Gasteiger partial charge in [0.25, 0.3) is 0 Å². The Morgan fingerprint density at radius 1 is 0.895 bits per heavy atom. The second kappa shape index (κ2) is 5.27. The molecule has 0 atom stereocenters. The van der Waals surface area contributed by atoms with Gasteiger partial charge in [-0.1, -0.05) is 30.3 Å². The maximum Gasteiger partial charge on any atom is 0.200 e. The van der Waals surface area contributed by atoms with Gasteiger partial charge in [0, 0.05) is 11.1 Å². The molecule has 0 bridgehead atoms. The molecule has 3 N–H and O–H groups in total.